The van der Waals surface area contributed by atoms with Crippen LogP contribution in [0.5, 0.6) is 11.5 Å². The van der Waals surface area contributed by atoms with Gasteiger partial charge in [0.25, 0.3) is 11.7 Å². The van der Waals surface area contributed by atoms with Crippen LogP contribution in [0.3, 0.4) is 0 Å². The molecule has 36 heavy (non-hydrogen) atoms. The number of amides is 1. The molecule has 1 unspecified atom stereocenters. The van der Waals surface area contributed by atoms with E-state index in [1.165, 1.54) is 12.0 Å². The number of hydrogen-bond acceptors (Lipinski definition) is 6. The van der Waals surface area contributed by atoms with Crippen molar-refractivity contribution in [2.24, 2.45) is 0 Å². The normalized spacial score (nSPS) is 17.0. The molecule has 1 aliphatic heterocycles. The van der Waals surface area contributed by atoms with Crippen molar-refractivity contribution >= 4 is 17.4 Å². The van der Waals surface area contributed by atoms with Gasteiger partial charge in [-0.05, 0) is 49.5 Å². The van der Waals surface area contributed by atoms with Crippen molar-refractivity contribution in [1.82, 2.24) is 9.80 Å². The summed E-state index contributed by atoms with van der Waals surface area (Å²) in [6, 6.07) is 23.2. The Hall–Kier alpha value is -4.10. The lowest BCUT2D eigenvalue weighted by atomic mass is 9.95. The molecule has 0 aliphatic carbocycles. The maximum atomic E-state index is 13.2. The minimum atomic E-state index is -0.723. The lowest BCUT2D eigenvalue weighted by Crippen LogP contribution is -2.35. The Morgan fingerprint density at radius 2 is 1.67 bits per heavy atom. The molecule has 0 saturated carbocycles. The first-order valence-corrected chi connectivity index (χ1v) is 11.7. The van der Waals surface area contributed by atoms with Crippen LogP contribution in [0, 0.1) is 0 Å². The molecule has 1 atom stereocenters. The molecule has 3 aromatic rings. The fraction of sp³-hybridized carbons (Fsp3) is 0.241. The lowest BCUT2D eigenvalue weighted by molar-refractivity contribution is -0.140. The van der Waals surface area contributed by atoms with Gasteiger partial charge in [0.15, 0.2) is 0 Å². The third-order valence-electron chi connectivity index (χ3n) is 6.12. The Morgan fingerprint density at radius 1 is 0.944 bits per heavy atom. The molecule has 3 aromatic carbocycles. The highest BCUT2D eigenvalue weighted by Crippen LogP contribution is 2.40. The minimum Gasteiger partial charge on any atom is -0.507 e. The highest BCUT2D eigenvalue weighted by atomic mass is 16.5. The van der Waals surface area contributed by atoms with E-state index < -0.39 is 17.7 Å². The number of rotatable bonds is 9. The second-order valence-electron chi connectivity index (χ2n) is 8.87. The first-order chi connectivity index (χ1) is 17.4. The van der Waals surface area contributed by atoms with Crippen molar-refractivity contribution in [3.05, 3.63) is 101 Å². The number of ketones is 1. The molecule has 1 N–H and O–H groups in total. The summed E-state index contributed by atoms with van der Waals surface area (Å²) in [6.45, 7) is 1.34. The molecule has 7 heteroatoms. The molecule has 0 spiro atoms. The average Bonchev–Trinajstić information content (AvgIpc) is 3.16. The topological polar surface area (TPSA) is 79.3 Å². The number of aliphatic hydroxyl groups excluding tert-OH is 1. The number of nitrogens with zero attached hydrogens (tertiary/aromatic N) is 2. The summed E-state index contributed by atoms with van der Waals surface area (Å²) in [5, 5.41) is 11.2. The van der Waals surface area contributed by atoms with Crippen molar-refractivity contribution in [2.45, 2.75) is 12.6 Å². The van der Waals surface area contributed by atoms with Crippen LogP contribution in [-0.2, 0) is 16.2 Å². The van der Waals surface area contributed by atoms with Crippen molar-refractivity contribution in [1.29, 1.82) is 0 Å². The van der Waals surface area contributed by atoms with E-state index in [-0.39, 0.29) is 11.3 Å². The second kappa shape index (κ2) is 11.1. The monoisotopic (exact) mass is 486 g/mol. The zero-order valence-electron chi connectivity index (χ0n) is 20.7. The molecule has 1 saturated heterocycles. The van der Waals surface area contributed by atoms with Gasteiger partial charge in [-0.15, -0.1) is 0 Å². The molecule has 1 aliphatic rings. The predicted molar refractivity (Wildman–Crippen MR) is 138 cm³/mol. The van der Waals surface area contributed by atoms with Crippen LogP contribution in [0.4, 0.5) is 0 Å². The second-order valence-corrected chi connectivity index (χ2v) is 8.87. The Bertz CT molecular complexity index is 1250. The van der Waals surface area contributed by atoms with Gasteiger partial charge in [-0.1, -0.05) is 54.6 Å². The van der Waals surface area contributed by atoms with Crippen molar-refractivity contribution in [2.75, 3.05) is 34.3 Å². The summed E-state index contributed by atoms with van der Waals surface area (Å²) in [5.41, 5.74) is 2.24. The zero-order chi connectivity index (χ0) is 25.7. The number of likely N-dealkylation sites (N-methyl/N-ethyl adjacent to an activating group) is 1. The van der Waals surface area contributed by atoms with E-state index in [9.17, 15) is 14.7 Å². The van der Waals surface area contributed by atoms with Crippen molar-refractivity contribution < 1.29 is 24.2 Å². The van der Waals surface area contributed by atoms with Gasteiger partial charge in [0.05, 0.1) is 18.7 Å². The SMILES string of the molecule is COc1cccc(/C(O)=C2/C(=O)C(=O)N(CCN(C)C)C2c2ccc(OCc3ccccc3)cc2)c1. The number of hydrogen-bond donors (Lipinski definition) is 1. The Labute approximate surface area is 211 Å². The van der Waals surface area contributed by atoms with E-state index in [4.69, 9.17) is 9.47 Å². The molecule has 4 rings (SSSR count). The average molecular weight is 487 g/mol. The van der Waals surface area contributed by atoms with E-state index in [1.807, 2.05) is 73.6 Å². The molecule has 7 nitrogen and oxygen atoms in total. The highest BCUT2D eigenvalue weighted by Gasteiger charge is 2.45. The smallest absolute Gasteiger partial charge is 0.295 e. The Kier molecular flexibility index (Phi) is 7.71. The zero-order valence-corrected chi connectivity index (χ0v) is 20.7. The Morgan fingerprint density at radius 3 is 2.33 bits per heavy atom. The van der Waals surface area contributed by atoms with Gasteiger partial charge in [-0.25, -0.2) is 0 Å². The summed E-state index contributed by atoms with van der Waals surface area (Å²) < 4.78 is 11.2. The largest absolute Gasteiger partial charge is 0.507 e. The number of aliphatic hydroxyl groups is 1. The van der Waals surface area contributed by atoms with E-state index in [1.54, 1.807) is 24.3 Å². The first-order valence-electron chi connectivity index (χ1n) is 11.7. The van der Waals surface area contributed by atoms with Gasteiger partial charge in [-0.3, -0.25) is 9.59 Å². The van der Waals surface area contributed by atoms with Crippen LogP contribution >= 0.6 is 0 Å². The Balaban J connectivity index is 1.69. The van der Waals surface area contributed by atoms with E-state index >= 15 is 0 Å². The minimum absolute atomic E-state index is 0.0602. The summed E-state index contributed by atoms with van der Waals surface area (Å²) in [6.07, 6.45) is 0. The maximum absolute atomic E-state index is 13.2. The molecule has 1 heterocycles. The van der Waals surface area contributed by atoms with Crippen LogP contribution in [0.1, 0.15) is 22.7 Å². The van der Waals surface area contributed by atoms with Gasteiger partial charge in [0.1, 0.15) is 23.9 Å². The van der Waals surface area contributed by atoms with Crippen LogP contribution in [0.2, 0.25) is 0 Å². The quantitative estimate of drug-likeness (QED) is 0.277. The number of methoxy groups -OCH3 is 1. The van der Waals surface area contributed by atoms with Crippen LogP contribution in [0.25, 0.3) is 5.76 Å². The molecular weight excluding hydrogens is 456 g/mol. The fourth-order valence-corrected chi connectivity index (χ4v) is 4.18. The number of carbonyl (C=O) groups is 2. The fourth-order valence-electron chi connectivity index (χ4n) is 4.18. The van der Waals surface area contributed by atoms with Gasteiger partial charge < -0.3 is 24.4 Å². The molecule has 0 radical (unpaired) electrons. The van der Waals surface area contributed by atoms with Crippen molar-refractivity contribution in [3.63, 3.8) is 0 Å². The van der Waals surface area contributed by atoms with Crippen LogP contribution in [0.15, 0.2) is 84.4 Å². The van der Waals surface area contributed by atoms with E-state index in [2.05, 4.69) is 0 Å². The molecular formula is C29H30N2O5. The van der Waals surface area contributed by atoms with E-state index in [0.29, 0.717) is 42.3 Å². The molecule has 0 bridgehead atoms. The highest BCUT2D eigenvalue weighted by molar-refractivity contribution is 6.46. The predicted octanol–water partition coefficient (Wildman–Crippen LogP) is 4.26. The standard InChI is InChI=1S/C29H30N2O5/c1-30(2)16-17-31-26(21-12-14-23(15-13-21)36-19-20-8-5-4-6-9-20)25(28(33)29(31)34)27(32)22-10-7-11-24(18-22)35-3/h4-15,18,26,32H,16-17,19H2,1-3H3/b27-25-. The van der Waals surface area contributed by atoms with Gasteiger partial charge in [-0.2, -0.15) is 0 Å². The molecule has 186 valence electrons. The maximum Gasteiger partial charge on any atom is 0.295 e. The van der Waals surface area contributed by atoms with Gasteiger partial charge >= 0.3 is 0 Å². The summed E-state index contributed by atoms with van der Waals surface area (Å²) in [7, 11) is 5.34. The van der Waals surface area contributed by atoms with E-state index in [0.717, 1.165) is 5.56 Å². The summed E-state index contributed by atoms with van der Waals surface area (Å²) in [4.78, 5) is 29.7. The number of carbonyl (C=O) groups excluding carboxylic acids is 2. The summed E-state index contributed by atoms with van der Waals surface area (Å²) >= 11 is 0. The molecule has 1 amide bonds. The first kappa shape index (κ1) is 25.0. The third-order valence-corrected chi connectivity index (χ3v) is 6.12. The van der Waals surface area contributed by atoms with Crippen molar-refractivity contribution in [3.8, 4) is 11.5 Å². The van der Waals surface area contributed by atoms with Crippen LogP contribution in [-0.4, -0.2) is 60.9 Å². The number of likely N-dealkylation sites (tertiary alicyclic amines) is 1. The third kappa shape index (κ3) is 5.42. The number of Topliss-reactive ketones (excluding diaryl/α,β-unsaturated/α-hetero) is 1. The number of ether oxygens (including phenoxy) is 2. The van der Waals surface area contributed by atoms with Crippen LogP contribution < -0.4 is 9.47 Å². The lowest BCUT2D eigenvalue weighted by Gasteiger charge is -2.26. The van der Waals surface area contributed by atoms with Gasteiger partial charge in [0.2, 0.25) is 0 Å². The molecule has 0 aromatic heterocycles. The van der Waals surface area contributed by atoms with Gasteiger partial charge in [0, 0.05) is 18.7 Å². The summed E-state index contributed by atoms with van der Waals surface area (Å²) in [5.74, 6) is -0.355. The number of benzene rings is 3. The molecule has 1 fully saturated rings.